The van der Waals surface area contributed by atoms with Crippen molar-refractivity contribution in [2.24, 2.45) is 0 Å². The maximum Gasteiger partial charge on any atom is 0.490 e. The highest BCUT2D eigenvalue weighted by Gasteiger charge is 2.39. The molecule has 52 heavy (non-hydrogen) atoms. The Morgan fingerprint density at radius 3 is 1.69 bits per heavy atom. The first-order valence-electron chi connectivity index (χ1n) is 14.6. The Morgan fingerprint density at radius 1 is 0.750 bits per heavy atom. The predicted molar refractivity (Wildman–Crippen MR) is 164 cm³/mol. The molecule has 21 heteroatoms. The molecule has 284 valence electrons. The van der Waals surface area contributed by atoms with Gasteiger partial charge >= 0.3 is 36.4 Å². The number of hydrogen-bond acceptors (Lipinski definition) is 8. The maximum absolute atomic E-state index is 10.6. The van der Waals surface area contributed by atoms with Crippen molar-refractivity contribution in [2.45, 2.75) is 45.0 Å². The number of nitrogens with zero attached hydrogens (tertiary/aromatic N) is 6. The second kappa shape index (κ2) is 17.8. The Hall–Kier alpha value is -5.31. The van der Waals surface area contributed by atoms with Crippen LogP contribution in [0.3, 0.4) is 0 Å². The summed E-state index contributed by atoms with van der Waals surface area (Å²) in [5.41, 5.74) is 8.40. The topological polar surface area (TPSA) is 161 Å². The number of rotatable bonds is 4. The number of carboxylic acids is 3. The Kier molecular flexibility index (Phi) is 14.6. The summed E-state index contributed by atoms with van der Waals surface area (Å²) in [6, 6.07) is 15.4. The van der Waals surface area contributed by atoms with Crippen LogP contribution in [-0.4, -0.2) is 108 Å². The minimum Gasteiger partial charge on any atom is -0.475 e. The molecule has 3 aromatic heterocycles. The number of pyridine rings is 2. The summed E-state index contributed by atoms with van der Waals surface area (Å²) in [6.07, 6.45) is -9.57. The highest BCUT2D eigenvalue weighted by molar-refractivity contribution is 5.73. The fourth-order valence-corrected chi connectivity index (χ4v) is 4.65. The van der Waals surface area contributed by atoms with Crippen molar-refractivity contribution >= 4 is 23.4 Å². The van der Waals surface area contributed by atoms with Crippen molar-refractivity contribution in [2.75, 3.05) is 26.7 Å². The first-order valence-corrected chi connectivity index (χ1v) is 14.6. The van der Waals surface area contributed by atoms with Gasteiger partial charge in [-0.3, -0.25) is 14.8 Å². The van der Waals surface area contributed by atoms with E-state index in [0.717, 1.165) is 48.5 Å². The zero-order chi connectivity index (χ0) is 39.6. The monoisotopic (exact) mass is 754 g/mol. The molecular formula is C31H31F9N6O6. The molecule has 0 radical (unpaired) electrons. The molecule has 5 rings (SSSR count). The molecule has 1 aromatic carbocycles. The number of aromatic nitrogens is 4. The van der Waals surface area contributed by atoms with Gasteiger partial charge in [-0.2, -0.15) is 39.5 Å². The van der Waals surface area contributed by atoms with Crippen molar-refractivity contribution < 1.29 is 69.2 Å². The van der Waals surface area contributed by atoms with E-state index in [1.165, 1.54) is 16.7 Å². The van der Waals surface area contributed by atoms with Crippen LogP contribution < -0.4 is 0 Å². The van der Waals surface area contributed by atoms with Gasteiger partial charge < -0.3 is 15.3 Å². The standard InChI is InChI=1S/C25H28N6.3C2HF3O2/c1-18-12-19(2)14-20(13-18)15-30-11-10-29(3)24(17-30)25-23-5-4-22(16-31(23)28-27-25)21-6-8-26-9-7-21;3*3-2(4,5)1(6)7/h4-9,12-14,16,24H,10-11,15,17H2,1-3H3;3*(H,6,7). The van der Waals surface area contributed by atoms with Crippen LogP contribution in [0.2, 0.25) is 0 Å². The van der Waals surface area contributed by atoms with Gasteiger partial charge in [-0.05, 0) is 50.2 Å². The second-order valence-corrected chi connectivity index (χ2v) is 11.1. The maximum atomic E-state index is 10.6. The third kappa shape index (κ3) is 13.4. The highest BCUT2D eigenvalue weighted by Crippen LogP contribution is 2.28. The van der Waals surface area contributed by atoms with Gasteiger partial charge in [-0.15, -0.1) is 5.10 Å². The van der Waals surface area contributed by atoms with E-state index in [1.807, 2.05) is 29.0 Å². The SMILES string of the molecule is Cc1cc(C)cc(CN2CCN(C)C(c3nnn4cc(-c5ccncc5)ccc34)C2)c1.O=C(O)C(F)(F)F.O=C(O)C(F)(F)F.O=C(O)C(F)(F)F. The van der Waals surface area contributed by atoms with Crippen molar-refractivity contribution in [3.63, 3.8) is 0 Å². The number of piperazine rings is 1. The van der Waals surface area contributed by atoms with Crippen LogP contribution in [0.4, 0.5) is 39.5 Å². The first kappa shape index (κ1) is 42.9. The largest absolute Gasteiger partial charge is 0.490 e. The molecule has 1 saturated heterocycles. The van der Waals surface area contributed by atoms with E-state index in [0.29, 0.717) is 0 Å². The minimum absolute atomic E-state index is 0.226. The average molecular weight is 755 g/mol. The zero-order valence-corrected chi connectivity index (χ0v) is 27.3. The third-order valence-electron chi connectivity index (χ3n) is 6.92. The predicted octanol–water partition coefficient (Wildman–Crippen LogP) is 5.80. The molecule has 1 atom stereocenters. The summed E-state index contributed by atoms with van der Waals surface area (Å²) in [4.78, 5) is 35.7. The van der Waals surface area contributed by atoms with Gasteiger partial charge in [0, 0.05) is 50.3 Å². The van der Waals surface area contributed by atoms with Gasteiger partial charge in [0.25, 0.3) is 0 Å². The lowest BCUT2D eigenvalue weighted by Crippen LogP contribution is -2.46. The Labute approximate surface area is 288 Å². The molecule has 3 N–H and O–H groups in total. The van der Waals surface area contributed by atoms with E-state index in [-0.39, 0.29) is 6.04 Å². The van der Waals surface area contributed by atoms with Crippen molar-refractivity contribution in [3.05, 3.63) is 83.4 Å². The summed E-state index contributed by atoms with van der Waals surface area (Å²) >= 11 is 0. The fraction of sp³-hybridized carbons (Fsp3) is 0.355. The molecule has 4 aromatic rings. The number of carboxylic acid groups (broad SMARTS) is 3. The highest BCUT2D eigenvalue weighted by atomic mass is 19.4. The number of fused-ring (bicyclic) bond motifs is 1. The fourth-order valence-electron chi connectivity index (χ4n) is 4.65. The van der Waals surface area contributed by atoms with E-state index < -0.39 is 36.4 Å². The van der Waals surface area contributed by atoms with E-state index in [4.69, 9.17) is 29.7 Å². The van der Waals surface area contributed by atoms with Gasteiger partial charge in [-0.1, -0.05) is 40.6 Å². The van der Waals surface area contributed by atoms with Crippen molar-refractivity contribution in [3.8, 4) is 11.1 Å². The molecule has 1 aliphatic rings. The molecule has 1 fully saturated rings. The summed E-state index contributed by atoms with van der Waals surface area (Å²) in [7, 11) is 2.19. The van der Waals surface area contributed by atoms with E-state index in [2.05, 4.69) is 82.5 Å². The lowest BCUT2D eigenvalue weighted by Gasteiger charge is -2.38. The van der Waals surface area contributed by atoms with Crippen LogP contribution in [0.25, 0.3) is 16.6 Å². The number of aliphatic carboxylic acids is 3. The normalized spacial score (nSPS) is 15.3. The van der Waals surface area contributed by atoms with E-state index in [9.17, 15) is 39.5 Å². The molecule has 0 bridgehead atoms. The molecule has 1 unspecified atom stereocenters. The van der Waals surface area contributed by atoms with Crippen molar-refractivity contribution in [1.29, 1.82) is 0 Å². The molecule has 0 aliphatic carbocycles. The molecule has 1 aliphatic heterocycles. The van der Waals surface area contributed by atoms with Crippen LogP contribution in [0.15, 0.2) is 61.1 Å². The number of hydrogen-bond donors (Lipinski definition) is 3. The van der Waals surface area contributed by atoms with Gasteiger partial charge in [0.1, 0.15) is 5.69 Å². The number of alkyl halides is 9. The lowest BCUT2D eigenvalue weighted by molar-refractivity contribution is -0.193. The Balaban J connectivity index is 0.000000365. The Bertz CT molecular complexity index is 1740. The average Bonchev–Trinajstić information content (AvgIpc) is 3.45. The van der Waals surface area contributed by atoms with Crippen LogP contribution in [0.5, 0.6) is 0 Å². The number of halogens is 9. The van der Waals surface area contributed by atoms with Crippen LogP contribution in [0, 0.1) is 13.8 Å². The smallest absolute Gasteiger partial charge is 0.475 e. The quantitative estimate of drug-likeness (QED) is 0.216. The van der Waals surface area contributed by atoms with Crippen LogP contribution in [-0.2, 0) is 20.9 Å². The third-order valence-corrected chi connectivity index (χ3v) is 6.92. The van der Waals surface area contributed by atoms with E-state index in [1.54, 1.807) is 0 Å². The van der Waals surface area contributed by atoms with Gasteiger partial charge in [0.05, 0.1) is 11.6 Å². The number of carbonyl (C=O) groups is 3. The number of aryl methyl sites for hydroxylation is 2. The molecule has 0 amide bonds. The number of likely N-dealkylation sites (N-methyl/N-ethyl adjacent to an activating group) is 1. The summed E-state index contributed by atoms with van der Waals surface area (Å²) in [6.45, 7) is 8.34. The van der Waals surface area contributed by atoms with Gasteiger partial charge in [0.15, 0.2) is 0 Å². The van der Waals surface area contributed by atoms with Crippen LogP contribution >= 0.6 is 0 Å². The lowest BCUT2D eigenvalue weighted by atomic mass is 10.0. The number of benzene rings is 1. The molecular weight excluding hydrogens is 723 g/mol. The molecule has 4 heterocycles. The summed E-state index contributed by atoms with van der Waals surface area (Å²) < 4.78 is 97.1. The van der Waals surface area contributed by atoms with Gasteiger partial charge in [-0.25, -0.2) is 18.9 Å². The zero-order valence-electron chi connectivity index (χ0n) is 27.3. The first-order chi connectivity index (χ1) is 23.9. The molecule has 0 saturated carbocycles. The van der Waals surface area contributed by atoms with Crippen LogP contribution in [0.1, 0.15) is 28.4 Å². The Morgan fingerprint density at radius 2 is 1.23 bits per heavy atom. The summed E-state index contributed by atoms with van der Waals surface area (Å²) in [5, 5.41) is 30.4. The molecule has 0 spiro atoms. The van der Waals surface area contributed by atoms with E-state index >= 15 is 0 Å². The van der Waals surface area contributed by atoms with Gasteiger partial charge in [0.2, 0.25) is 0 Å². The molecule has 12 nitrogen and oxygen atoms in total. The minimum atomic E-state index is -5.08. The second-order valence-electron chi connectivity index (χ2n) is 11.1. The van der Waals surface area contributed by atoms with Crippen molar-refractivity contribution in [1.82, 2.24) is 29.6 Å². The summed E-state index contributed by atoms with van der Waals surface area (Å²) in [5.74, 6) is -8.27.